The highest BCUT2D eigenvalue weighted by Gasteiger charge is 2.31. The van der Waals surface area contributed by atoms with Crippen LogP contribution in [0.25, 0.3) is 0 Å². The van der Waals surface area contributed by atoms with E-state index < -0.39 is 24.0 Å². The number of hydrogen-bond donors (Lipinski definition) is 4. The summed E-state index contributed by atoms with van der Waals surface area (Å²) in [6.07, 6.45) is 1.85. The molecule has 0 aromatic carbocycles. The summed E-state index contributed by atoms with van der Waals surface area (Å²) in [6.45, 7) is 1.49. The van der Waals surface area contributed by atoms with E-state index in [9.17, 15) is 14.7 Å². The predicted octanol–water partition coefficient (Wildman–Crippen LogP) is -0.940. The topological polar surface area (TPSA) is 138 Å². The fraction of sp³-hybridized carbons (Fsp3) is 0.636. The Morgan fingerprint density at radius 3 is 2.95 bits per heavy atom. The molecule has 0 radical (unpaired) electrons. The van der Waals surface area contributed by atoms with E-state index in [1.165, 1.54) is 0 Å². The Balaban J connectivity index is 1.94. The van der Waals surface area contributed by atoms with E-state index >= 15 is 0 Å². The lowest BCUT2D eigenvalue weighted by molar-refractivity contribution is -0.155. The Hall–Kier alpha value is -2.00. The van der Waals surface area contributed by atoms with Crippen LogP contribution in [0.1, 0.15) is 42.3 Å². The SMILES string of the molecule is CC(O)(CNC(=O)c1noc(C2CCCN2)n1)C(=O)O. The molecule has 20 heavy (non-hydrogen) atoms. The summed E-state index contributed by atoms with van der Waals surface area (Å²) in [5.74, 6) is -1.98. The molecule has 1 aromatic rings. The van der Waals surface area contributed by atoms with Gasteiger partial charge in [-0.15, -0.1) is 0 Å². The number of carboxylic acids is 1. The third-order valence-electron chi connectivity index (χ3n) is 3.06. The molecule has 4 N–H and O–H groups in total. The molecule has 1 aliphatic heterocycles. The van der Waals surface area contributed by atoms with E-state index in [-0.39, 0.29) is 11.9 Å². The van der Waals surface area contributed by atoms with Gasteiger partial charge in [0.1, 0.15) is 0 Å². The predicted molar refractivity (Wildman–Crippen MR) is 64.9 cm³/mol. The number of aliphatic hydroxyl groups is 1. The Bertz CT molecular complexity index is 507. The lowest BCUT2D eigenvalue weighted by Crippen LogP contribution is -2.46. The lowest BCUT2D eigenvalue weighted by Gasteiger charge is -2.17. The average Bonchev–Trinajstić information content (AvgIpc) is 3.05. The van der Waals surface area contributed by atoms with E-state index in [1.54, 1.807) is 0 Å². The van der Waals surface area contributed by atoms with Crippen LogP contribution in [-0.2, 0) is 4.79 Å². The number of amides is 1. The van der Waals surface area contributed by atoms with Crippen molar-refractivity contribution < 1.29 is 24.3 Å². The average molecular weight is 284 g/mol. The van der Waals surface area contributed by atoms with Crippen LogP contribution in [0.4, 0.5) is 0 Å². The van der Waals surface area contributed by atoms with Crippen LogP contribution in [0.15, 0.2) is 4.52 Å². The molecule has 9 heteroatoms. The van der Waals surface area contributed by atoms with Crippen LogP contribution in [0.2, 0.25) is 0 Å². The van der Waals surface area contributed by atoms with Gasteiger partial charge in [-0.3, -0.25) is 4.79 Å². The molecule has 1 fully saturated rings. The number of rotatable bonds is 5. The maximum atomic E-state index is 11.7. The van der Waals surface area contributed by atoms with Crippen molar-refractivity contribution in [1.82, 2.24) is 20.8 Å². The first-order valence-electron chi connectivity index (χ1n) is 6.21. The number of nitrogens with zero attached hydrogens (tertiary/aromatic N) is 2. The van der Waals surface area contributed by atoms with E-state index in [2.05, 4.69) is 20.8 Å². The zero-order chi connectivity index (χ0) is 14.8. The Morgan fingerprint density at radius 1 is 1.60 bits per heavy atom. The number of carbonyl (C=O) groups excluding carboxylic acids is 1. The monoisotopic (exact) mass is 284 g/mol. The van der Waals surface area contributed by atoms with Crippen molar-refractivity contribution in [2.75, 3.05) is 13.1 Å². The van der Waals surface area contributed by atoms with Gasteiger partial charge in [-0.25, -0.2) is 4.79 Å². The summed E-state index contributed by atoms with van der Waals surface area (Å²) in [5.41, 5.74) is -2.05. The molecule has 1 aliphatic rings. The van der Waals surface area contributed by atoms with Gasteiger partial charge in [0.25, 0.3) is 11.7 Å². The molecule has 1 aromatic heterocycles. The second-order valence-corrected chi connectivity index (χ2v) is 4.87. The maximum Gasteiger partial charge on any atom is 0.337 e. The minimum absolute atomic E-state index is 0.0498. The second kappa shape index (κ2) is 5.55. The molecule has 0 spiro atoms. The molecular weight excluding hydrogens is 268 g/mol. The number of hydrogen-bond acceptors (Lipinski definition) is 7. The molecule has 1 amide bonds. The first kappa shape index (κ1) is 14.4. The van der Waals surface area contributed by atoms with Gasteiger partial charge in [-0.1, -0.05) is 5.16 Å². The van der Waals surface area contributed by atoms with Crippen LogP contribution in [0.3, 0.4) is 0 Å². The van der Waals surface area contributed by atoms with Crippen LogP contribution in [0.5, 0.6) is 0 Å². The van der Waals surface area contributed by atoms with E-state index in [1.807, 2.05) is 0 Å². The van der Waals surface area contributed by atoms with Crippen molar-refractivity contribution in [3.8, 4) is 0 Å². The van der Waals surface area contributed by atoms with Gasteiger partial charge in [0.05, 0.1) is 12.6 Å². The summed E-state index contributed by atoms with van der Waals surface area (Å²) in [5, 5.41) is 27.1. The lowest BCUT2D eigenvalue weighted by atomic mass is 10.1. The van der Waals surface area contributed by atoms with Crippen LogP contribution >= 0.6 is 0 Å². The summed E-state index contributed by atoms with van der Waals surface area (Å²) in [6, 6.07) is -0.0498. The van der Waals surface area contributed by atoms with Gasteiger partial charge in [0.15, 0.2) is 5.60 Å². The Kier molecular flexibility index (Phi) is 4.00. The van der Waals surface area contributed by atoms with Crippen molar-refractivity contribution in [3.63, 3.8) is 0 Å². The summed E-state index contributed by atoms with van der Waals surface area (Å²) in [7, 11) is 0. The van der Waals surface area contributed by atoms with Crippen molar-refractivity contribution in [2.45, 2.75) is 31.4 Å². The van der Waals surface area contributed by atoms with Gasteiger partial charge in [-0.2, -0.15) is 4.98 Å². The minimum atomic E-state index is -2.05. The summed E-state index contributed by atoms with van der Waals surface area (Å²) < 4.78 is 4.99. The highest BCUT2D eigenvalue weighted by Crippen LogP contribution is 2.20. The molecule has 9 nitrogen and oxygen atoms in total. The summed E-state index contributed by atoms with van der Waals surface area (Å²) >= 11 is 0. The largest absolute Gasteiger partial charge is 0.479 e. The third-order valence-corrected chi connectivity index (χ3v) is 3.06. The maximum absolute atomic E-state index is 11.7. The molecular formula is C11H16N4O5. The molecule has 2 heterocycles. The molecule has 110 valence electrons. The highest BCUT2D eigenvalue weighted by atomic mass is 16.5. The molecule has 2 atom stereocenters. The molecule has 0 bridgehead atoms. The molecule has 0 saturated carbocycles. The van der Waals surface area contributed by atoms with Gasteiger partial charge in [-0.05, 0) is 26.3 Å². The van der Waals surface area contributed by atoms with Gasteiger partial charge in [0, 0.05) is 0 Å². The fourth-order valence-corrected chi connectivity index (χ4v) is 1.77. The fourth-order valence-electron chi connectivity index (χ4n) is 1.77. The molecule has 2 rings (SSSR count). The van der Waals surface area contributed by atoms with Crippen molar-refractivity contribution in [2.24, 2.45) is 0 Å². The highest BCUT2D eigenvalue weighted by molar-refractivity contribution is 5.90. The smallest absolute Gasteiger partial charge is 0.337 e. The number of carboxylic acid groups (broad SMARTS) is 1. The summed E-state index contributed by atoms with van der Waals surface area (Å²) in [4.78, 5) is 26.4. The minimum Gasteiger partial charge on any atom is -0.479 e. The van der Waals surface area contributed by atoms with Gasteiger partial charge < -0.3 is 25.4 Å². The Morgan fingerprint density at radius 2 is 2.35 bits per heavy atom. The normalized spacial score (nSPS) is 21.4. The molecule has 2 unspecified atom stereocenters. The zero-order valence-electron chi connectivity index (χ0n) is 10.9. The number of aliphatic carboxylic acids is 1. The van der Waals surface area contributed by atoms with E-state index in [4.69, 9.17) is 9.63 Å². The first-order chi connectivity index (χ1) is 9.40. The number of carbonyl (C=O) groups is 2. The van der Waals surface area contributed by atoms with Crippen molar-refractivity contribution in [1.29, 1.82) is 0 Å². The van der Waals surface area contributed by atoms with Crippen LogP contribution < -0.4 is 10.6 Å². The Labute approximate surface area is 114 Å². The van der Waals surface area contributed by atoms with Crippen molar-refractivity contribution in [3.05, 3.63) is 11.7 Å². The van der Waals surface area contributed by atoms with Gasteiger partial charge >= 0.3 is 5.97 Å². The van der Waals surface area contributed by atoms with Crippen LogP contribution in [-0.4, -0.2) is 50.9 Å². The molecule has 1 saturated heterocycles. The third kappa shape index (κ3) is 3.11. The van der Waals surface area contributed by atoms with Crippen LogP contribution in [0, 0.1) is 0 Å². The first-order valence-corrected chi connectivity index (χ1v) is 6.21. The number of nitrogens with one attached hydrogen (secondary N) is 2. The van der Waals surface area contributed by atoms with E-state index in [0.717, 1.165) is 26.3 Å². The van der Waals surface area contributed by atoms with Gasteiger partial charge in [0.2, 0.25) is 5.89 Å². The van der Waals surface area contributed by atoms with Crippen molar-refractivity contribution >= 4 is 11.9 Å². The standard InChI is InChI=1S/C11H16N4O5/c1-11(19,10(17)18)5-13-8(16)7-14-9(20-15-7)6-3-2-4-12-6/h6,12,19H,2-5H2,1H3,(H,13,16)(H,17,18). The second-order valence-electron chi connectivity index (χ2n) is 4.87. The quantitative estimate of drug-likeness (QED) is 0.543. The zero-order valence-corrected chi connectivity index (χ0v) is 10.9. The number of aromatic nitrogens is 2. The van der Waals surface area contributed by atoms with E-state index in [0.29, 0.717) is 5.89 Å². The molecule has 0 aliphatic carbocycles.